The van der Waals surface area contributed by atoms with Crippen LogP contribution >= 0.6 is 45.4 Å². The molecule has 0 spiro atoms. The van der Waals surface area contributed by atoms with Gasteiger partial charge in [-0.25, -0.2) is 9.59 Å². The molecule has 2 atom stereocenters. The van der Waals surface area contributed by atoms with E-state index in [9.17, 15) is 14.4 Å². The van der Waals surface area contributed by atoms with Gasteiger partial charge in [-0.15, -0.1) is 0 Å². The molecule has 0 bridgehead atoms. The van der Waals surface area contributed by atoms with Crippen molar-refractivity contribution in [1.82, 2.24) is 15.1 Å². The first-order chi connectivity index (χ1) is 23.5. The molecule has 14 heteroatoms. The number of nitrogens with two attached hydrogens (primary N) is 1. The average molecular weight is 885 g/mol. The second kappa shape index (κ2) is 17.7. The lowest BCUT2D eigenvalue weighted by Gasteiger charge is -2.35. The van der Waals surface area contributed by atoms with Crippen molar-refractivity contribution in [3.05, 3.63) is 56.5 Å². The van der Waals surface area contributed by atoms with E-state index in [1.807, 2.05) is 79.7 Å². The summed E-state index contributed by atoms with van der Waals surface area (Å²) < 4.78 is 12.9. The molecular weight excluding hydrogens is 824 g/mol. The predicted octanol–water partition coefficient (Wildman–Crippen LogP) is 9.44. The zero-order chi connectivity index (χ0) is 38.1. The van der Waals surface area contributed by atoms with Crippen LogP contribution in [-0.4, -0.2) is 70.1 Å². The van der Waals surface area contributed by atoms with Gasteiger partial charge in [-0.2, -0.15) is 13.5 Å². The summed E-state index contributed by atoms with van der Waals surface area (Å²) in [5, 5.41) is 6.49. The summed E-state index contributed by atoms with van der Waals surface area (Å²) >= 11 is 6.93. The van der Waals surface area contributed by atoms with Crippen molar-refractivity contribution in [2.75, 3.05) is 24.1 Å². The lowest BCUT2D eigenvalue weighted by atomic mass is 9.91. The third-order valence-electron chi connectivity index (χ3n) is 8.81. The molecule has 4 N–H and O–H groups in total. The van der Waals surface area contributed by atoms with Crippen molar-refractivity contribution in [3.63, 3.8) is 0 Å². The van der Waals surface area contributed by atoms with Gasteiger partial charge in [0.2, 0.25) is 5.91 Å². The summed E-state index contributed by atoms with van der Waals surface area (Å²) in [4.78, 5) is 46.1. The molecule has 296 valence electrons. The maximum atomic E-state index is 12.9. The second-order valence-electron chi connectivity index (χ2n) is 16.4. The molecule has 3 amide bonds. The molecular formula is C39H60Br2N6O5S. The second-order valence-corrected chi connectivity index (χ2v) is 18.2. The number of amides is 3. The smallest absolute Gasteiger partial charge is 0.410 e. The van der Waals surface area contributed by atoms with Gasteiger partial charge in [0.25, 0.3) is 0 Å². The number of hydrogen-bond acceptors (Lipinski definition) is 8. The van der Waals surface area contributed by atoms with Crippen LogP contribution in [0.1, 0.15) is 113 Å². The molecule has 0 aromatic heterocycles. The van der Waals surface area contributed by atoms with Crippen LogP contribution in [0.2, 0.25) is 0 Å². The van der Waals surface area contributed by atoms with Crippen LogP contribution in [0.25, 0.3) is 0 Å². The van der Waals surface area contributed by atoms with E-state index in [1.165, 1.54) is 4.90 Å². The predicted molar refractivity (Wildman–Crippen MR) is 227 cm³/mol. The minimum absolute atomic E-state index is 0. The van der Waals surface area contributed by atoms with E-state index in [1.54, 1.807) is 4.90 Å². The normalized spacial score (nSPS) is 19.2. The third kappa shape index (κ3) is 12.0. The number of ether oxygens (including phenoxy) is 2. The molecule has 2 aromatic carbocycles. The van der Waals surface area contributed by atoms with Crippen LogP contribution in [0, 0.1) is 0 Å². The van der Waals surface area contributed by atoms with Gasteiger partial charge < -0.3 is 25.8 Å². The van der Waals surface area contributed by atoms with Gasteiger partial charge >= 0.3 is 12.2 Å². The fourth-order valence-electron chi connectivity index (χ4n) is 6.57. The number of halogens is 2. The highest BCUT2D eigenvalue weighted by Gasteiger charge is 2.40. The molecule has 0 radical (unpaired) electrons. The SMILES string of the molecule is C.CC(C)(C)OC(=O)N1CCC[C@H]1C(=O)NC(C)(C)c1ccc(Br)cc1N.CC(C)(C)OC(=O)N1CCC[C@H]1C1=NC(C)(C)c2ccc(Br)cc2N1.S. The Morgan fingerprint density at radius 1 is 0.868 bits per heavy atom. The van der Waals surface area contributed by atoms with Crippen molar-refractivity contribution >= 4 is 80.7 Å². The van der Waals surface area contributed by atoms with Crippen LogP contribution in [0.3, 0.4) is 0 Å². The van der Waals surface area contributed by atoms with Crippen LogP contribution in [0.4, 0.5) is 21.0 Å². The molecule has 11 nitrogen and oxygen atoms in total. The monoisotopic (exact) mass is 882 g/mol. The van der Waals surface area contributed by atoms with Crippen LogP contribution in [0.15, 0.2) is 50.3 Å². The summed E-state index contributed by atoms with van der Waals surface area (Å²) in [6.07, 6.45) is 2.53. The van der Waals surface area contributed by atoms with E-state index in [0.717, 1.165) is 50.9 Å². The number of carbonyl (C=O) groups excluding carboxylic acids is 3. The Labute approximate surface area is 340 Å². The third-order valence-corrected chi connectivity index (χ3v) is 9.79. The zero-order valence-corrected chi connectivity index (χ0v) is 36.2. The van der Waals surface area contributed by atoms with E-state index < -0.39 is 28.9 Å². The van der Waals surface area contributed by atoms with E-state index in [0.29, 0.717) is 25.2 Å². The minimum Gasteiger partial charge on any atom is -0.444 e. The Kier molecular flexibility index (Phi) is 15.4. The first-order valence-corrected chi connectivity index (χ1v) is 19.1. The van der Waals surface area contributed by atoms with E-state index in [-0.39, 0.29) is 44.5 Å². The molecule has 0 unspecified atom stereocenters. The molecule has 2 aromatic rings. The Balaban J connectivity index is 0.000000354. The average Bonchev–Trinajstić information content (AvgIpc) is 3.65. The van der Waals surface area contributed by atoms with Gasteiger partial charge in [-0.05, 0) is 125 Å². The van der Waals surface area contributed by atoms with Crippen molar-refractivity contribution in [3.8, 4) is 0 Å². The molecule has 53 heavy (non-hydrogen) atoms. The lowest BCUT2D eigenvalue weighted by Crippen LogP contribution is -2.52. The van der Waals surface area contributed by atoms with E-state index in [2.05, 4.69) is 68.5 Å². The van der Waals surface area contributed by atoms with E-state index in [4.69, 9.17) is 20.2 Å². The molecule has 0 aliphatic carbocycles. The zero-order valence-electron chi connectivity index (χ0n) is 32.1. The maximum Gasteiger partial charge on any atom is 0.410 e. The number of nitrogens with zero attached hydrogens (tertiary/aromatic N) is 3. The molecule has 2 saturated heterocycles. The Morgan fingerprint density at radius 3 is 1.98 bits per heavy atom. The summed E-state index contributed by atoms with van der Waals surface area (Å²) in [7, 11) is 0. The standard InChI is InChI=1S/C19H28BrN3O3.C19H26BrN3O2.CH4.H2S/c1-18(2,3)26-17(25)23-10-6-7-15(23)16(24)22-19(4,5)13-9-8-12(20)11-14(13)21;1-18(2,3)25-17(24)23-10-6-7-15(23)16-21-14-11-12(20)8-9-13(14)19(4,5)22-16;;/h8-9,11,15H,6-7,10,21H2,1-5H3,(H,22,24);8-9,11,15H,6-7,10H2,1-5H3,(H,21,22);1H4;1H2/t2*15-;;/m00../s1. The number of anilines is 2. The molecule has 2 fully saturated rings. The molecule has 3 aliphatic heterocycles. The molecule has 5 rings (SSSR count). The Hall–Kier alpha value is -2.97. The van der Waals surface area contributed by atoms with Crippen LogP contribution in [-0.2, 0) is 25.3 Å². The first-order valence-electron chi connectivity index (χ1n) is 17.5. The van der Waals surface area contributed by atoms with Gasteiger partial charge in [0.15, 0.2) is 0 Å². The first kappa shape index (κ1) is 46.2. The van der Waals surface area contributed by atoms with Crippen LogP contribution in [0.5, 0.6) is 0 Å². The fourth-order valence-corrected chi connectivity index (χ4v) is 7.31. The van der Waals surface area contributed by atoms with E-state index >= 15 is 0 Å². The minimum atomic E-state index is -0.663. The number of hydrogen-bond donors (Lipinski definition) is 3. The summed E-state index contributed by atoms with van der Waals surface area (Å²) in [5.74, 6) is 0.652. The van der Waals surface area contributed by atoms with Crippen LogP contribution < -0.4 is 16.4 Å². The highest BCUT2D eigenvalue weighted by molar-refractivity contribution is 9.10. The maximum absolute atomic E-state index is 12.9. The van der Waals surface area contributed by atoms with Gasteiger partial charge in [0.1, 0.15) is 23.1 Å². The van der Waals surface area contributed by atoms with Crippen molar-refractivity contribution < 1.29 is 23.9 Å². The number of fused-ring (bicyclic) bond motifs is 1. The Morgan fingerprint density at radius 2 is 1.40 bits per heavy atom. The largest absolute Gasteiger partial charge is 0.444 e. The molecule has 3 heterocycles. The number of aliphatic imine (C=N–C) groups is 1. The Bertz CT molecular complexity index is 1670. The number of carbonyl (C=O) groups is 3. The van der Waals surface area contributed by atoms with Gasteiger partial charge in [0, 0.05) is 39.0 Å². The number of nitrogens with one attached hydrogen (secondary N) is 2. The number of likely N-dealkylation sites (tertiary alicyclic amines) is 2. The molecule has 3 aliphatic rings. The van der Waals surface area contributed by atoms with Crippen molar-refractivity contribution in [1.29, 1.82) is 0 Å². The lowest BCUT2D eigenvalue weighted by molar-refractivity contribution is -0.127. The topological polar surface area (TPSA) is 139 Å². The quantitative estimate of drug-likeness (QED) is 0.260. The number of benzene rings is 2. The number of rotatable bonds is 4. The van der Waals surface area contributed by atoms with Gasteiger partial charge in [0.05, 0.1) is 17.1 Å². The fraction of sp³-hybridized carbons (Fsp3) is 0.590. The number of amidine groups is 1. The summed E-state index contributed by atoms with van der Waals surface area (Å²) in [5.41, 5.74) is 7.65. The van der Waals surface area contributed by atoms with Crippen molar-refractivity contribution in [2.24, 2.45) is 4.99 Å². The summed E-state index contributed by atoms with van der Waals surface area (Å²) in [6.45, 7) is 20.4. The molecule has 0 saturated carbocycles. The summed E-state index contributed by atoms with van der Waals surface area (Å²) in [6, 6.07) is 11.2. The highest BCUT2D eigenvalue weighted by Crippen LogP contribution is 2.38. The highest BCUT2D eigenvalue weighted by atomic mass is 79.9. The van der Waals surface area contributed by atoms with Gasteiger partial charge in [-0.1, -0.05) is 51.4 Å². The number of nitrogen functional groups attached to an aromatic ring is 1. The van der Waals surface area contributed by atoms with Gasteiger partial charge in [-0.3, -0.25) is 19.6 Å². The van der Waals surface area contributed by atoms with Crippen molar-refractivity contribution in [2.45, 2.75) is 137 Å².